The maximum Gasteiger partial charge on any atom is 0.257 e. The van der Waals surface area contributed by atoms with Crippen molar-refractivity contribution in [2.75, 3.05) is 18.4 Å². The van der Waals surface area contributed by atoms with Crippen molar-refractivity contribution in [3.63, 3.8) is 0 Å². The number of pyridine rings is 1. The van der Waals surface area contributed by atoms with Crippen molar-refractivity contribution >= 4 is 34.0 Å². The van der Waals surface area contributed by atoms with Gasteiger partial charge in [-0.1, -0.05) is 0 Å². The fourth-order valence-electron chi connectivity index (χ4n) is 3.48. The Balaban J connectivity index is 1.80. The van der Waals surface area contributed by atoms with E-state index in [-0.39, 0.29) is 11.7 Å². The van der Waals surface area contributed by atoms with Crippen LogP contribution in [0.25, 0.3) is 10.9 Å². The Morgan fingerprint density at radius 1 is 1.07 bits per heavy atom. The highest BCUT2D eigenvalue weighted by Crippen LogP contribution is 2.31. The molecule has 1 fully saturated rings. The molecule has 0 saturated carbocycles. The summed E-state index contributed by atoms with van der Waals surface area (Å²) in [6.45, 7) is 2.94. The van der Waals surface area contributed by atoms with Crippen molar-refractivity contribution in [3.8, 4) is 0 Å². The molecule has 1 aliphatic rings. The van der Waals surface area contributed by atoms with E-state index in [1.807, 2.05) is 0 Å². The number of hydrogen-bond donors (Lipinski definition) is 1. The predicted molar refractivity (Wildman–Crippen MR) is 107 cm³/mol. The Labute approximate surface area is 162 Å². The van der Waals surface area contributed by atoms with Gasteiger partial charge in [0, 0.05) is 35.9 Å². The first-order valence-corrected chi connectivity index (χ1v) is 9.28. The van der Waals surface area contributed by atoms with E-state index >= 15 is 0 Å². The van der Waals surface area contributed by atoms with Gasteiger partial charge in [0.15, 0.2) is 5.78 Å². The number of carbonyl (C=O) groups excluding carboxylic acids is 2. The Morgan fingerprint density at radius 3 is 2.46 bits per heavy atom. The number of nitrogens with zero attached hydrogens (tertiary/aromatic N) is 2. The van der Waals surface area contributed by atoms with Crippen LogP contribution in [0.1, 0.15) is 40.5 Å². The smallest absolute Gasteiger partial charge is 0.257 e. The van der Waals surface area contributed by atoms with E-state index in [1.165, 1.54) is 19.1 Å². The van der Waals surface area contributed by atoms with Crippen LogP contribution in [0.4, 0.5) is 15.8 Å². The molecule has 2 aromatic carbocycles. The average molecular weight is 377 g/mol. The molecule has 1 aromatic heterocycles. The molecule has 0 spiro atoms. The number of hydrogen-bond acceptors (Lipinski definition) is 4. The number of anilines is 2. The van der Waals surface area contributed by atoms with E-state index < -0.39 is 5.82 Å². The largest absolute Gasteiger partial charge is 0.354 e. The van der Waals surface area contributed by atoms with Gasteiger partial charge < -0.3 is 10.2 Å². The number of carbonyl (C=O) groups is 2. The Bertz CT molecular complexity index is 1060. The fourth-order valence-corrected chi connectivity index (χ4v) is 3.48. The molecular weight excluding hydrogens is 357 g/mol. The van der Waals surface area contributed by atoms with Gasteiger partial charge >= 0.3 is 0 Å². The second-order valence-electron chi connectivity index (χ2n) is 6.97. The molecule has 6 heteroatoms. The summed E-state index contributed by atoms with van der Waals surface area (Å²) in [5.74, 6) is -0.526. The van der Waals surface area contributed by atoms with Crippen molar-refractivity contribution < 1.29 is 14.0 Å². The third-order valence-electron chi connectivity index (χ3n) is 5.01. The minimum atomic E-state index is -0.393. The van der Waals surface area contributed by atoms with Crippen LogP contribution in [-0.4, -0.2) is 34.7 Å². The van der Waals surface area contributed by atoms with Crippen LogP contribution in [-0.2, 0) is 0 Å². The van der Waals surface area contributed by atoms with Crippen LogP contribution < -0.4 is 5.32 Å². The molecule has 0 atom stereocenters. The van der Waals surface area contributed by atoms with E-state index in [1.54, 1.807) is 41.4 Å². The maximum atomic E-state index is 13.9. The molecule has 1 amide bonds. The molecule has 0 radical (unpaired) electrons. The molecule has 2 heterocycles. The Kier molecular flexibility index (Phi) is 4.77. The number of nitrogens with one attached hydrogen (secondary N) is 1. The predicted octanol–water partition coefficient (Wildman–Crippen LogP) is 4.56. The van der Waals surface area contributed by atoms with Crippen LogP contribution in [0.2, 0.25) is 0 Å². The third-order valence-corrected chi connectivity index (χ3v) is 5.01. The monoisotopic (exact) mass is 377 g/mol. The lowest BCUT2D eigenvalue weighted by Crippen LogP contribution is -2.28. The third kappa shape index (κ3) is 3.45. The number of fused-ring (bicyclic) bond motifs is 1. The summed E-state index contributed by atoms with van der Waals surface area (Å²) in [5.41, 5.74) is 2.84. The molecule has 3 aromatic rings. The molecular formula is C22H20FN3O2. The number of ketones is 1. The van der Waals surface area contributed by atoms with Gasteiger partial charge in [0.2, 0.25) is 0 Å². The minimum absolute atomic E-state index is 0.0205. The van der Waals surface area contributed by atoms with E-state index in [2.05, 4.69) is 10.3 Å². The van der Waals surface area contributed by atoms with E-state index in [0.717, 1.165) is 12.8 Å². The molecule has 0 aliphatic carbocycles. The topological polar surface area (TPSA) is 62.3 Å². The van der Waals surface area contributed by atoms with Crippen molar-refractivity contribution in [3.05, 3.63) is 65.6 Å². The number of rotatable bonds is 4. The van der Waals surface area contributed by atoms with Gasteiger partial charge in [0.05, 0.1) is 16.8 Å². The maximum absolute atomic E-state index is 13.9. The van der Waals surface area contributed by atoms with Crippen LogP contribution in [0, 0.1) is 5.82 Å². The molecule has 142 valence electrons. The SMILES string of the molecule is CC(=O)c1ccc(Nc2c(C(=O)N3CCCC3)cnc3ccc(F)cc23)cc1. The number of Topliss-reactive ketones (excluding diaryl/α,β-unsaturated/α-hetero) is 1. The van der Waals surface area contributed by atoms with Gasteiger partial charge in [-0.25, -0.2) is 4.39 Å². The van der Waals surface area contributed by atoms with Crippen molar-refractivity contribution in [2.45, 2.75) is 19.8 Å². The molecule has 0 unspecified atom stereocenters. The van der Waals surface area contributed by atoms with E-state index in [0.29, 0.717) is 46.5 Å². The zero-order chi connectivity index (χ0) is 19.7. The lowest BCUT2D eigenvalue weighted by atomic mass is 10.1. The zero-order valence-electron chi connectivity index (χ0n) is 15.5. The first-order valence-electron chi connectivity index (χ1n) is 9.28. The molecule has 1 aliphatic heterocycles. The highest BCUT2D eigenvalue weighted by atomic mass is 19.1. The van der Waals surface area contributed by atoms with Gasteiger partial charge in [-0.3, -0.25) is 14.6 Å². The molecule has 1 N–H and O–H groups in total. The molecule has 28 heavy (non-hydrogen) atoms. The molecule has 0 bridgehead atoms. The first-order chi connectivity index (χ1) is 13.5. The highest BCUT2D eigenvalue weighted by Gasteiger charge is 2.24. The summed E-state index contributed by atoms with van der Waals surface area (Å²) in [7, 11) is 0. The van der Waals surface area contributed by atoms with E-state index in [4.69, 9.17) is 0 Å². The van der Waals surface area contributed by atoms with Gasteiger partial charge in [0.1, 0.15) is 5.82 Å². The van der Waals surface area contributed by atoms with Crippen LogP contribution >= 0.6 is 0 Å². The van der Waals surface area contributed by atoms with Crippen molar-refractivity contribution in [1.82, 2.24) is 9.88 Å². The number of likely N-dealkylation sites (tertiary alicyclic amines) is 1. The quantitative estimate of drug-likeness (QED) is 0.677. The summed E-state index contributed by atoms with van der Waals surface area (Å²) < 4.78 is 13.9. The van der Waals surface area contributed by atoms with Gasteiger partial charge in [0.25, 0.3) is 5.91 Å². The summed E-state index contributed by atoms with van der Waals surface area (Å²) in [6, 6.07) is 11.3. The van der Waals surface area contributed by atoms with Crippen LogP contribution in [0.3, 0.4) is 0 Å². The van der Waals surface area contributed by atoms with Crippen LogP contribution in [0.15, 0.2) is 48.7 Å². The van der Waals surface area contributed by atoms with Crippen LogP contribution in [0.5, 0.6) is 0 Å². The second-order valence-corrected chi connectivity index (χ2v) is 6.97. The van der Waals surface area contributed by atoms with Gasteiger partial charge in [-0.05, 0) is 62.2 Å². The number of aromatic nitrogens is 1. The fraction of sp³-hybridized carbons (Fsp3) is 0.227. The molecule has 5 nitrogen and oxygen atoms in total. The average Bonchev–Trinajstić information content (AvgIpc) is 3.23. The molecule has 4 rings (SSSR count). The zero-order valence-corrected chi connectivity index (χ0v) is 15.5. The normalized spacial score (nSPS) is 13.7. The highest BCUT2D eigenvalue weighted by molar-refractivity contribution is 6.08. The summed E-state index contributed by atoms with van der Waals surface area (Å²) in [4.78, 5) is 30.7. The van der Waals surface area contributed by atoms with Gasteiger partial charge in [-0.2, -0.15) is 0 Å². The van der Waals surface area contributed by atoms with Gasteiger partial charge in [-0.15, -0.1) is 0 Å². The summed E-state index contributed by atoms with van der Waals surface area (Å²) in [5, 5.41) is 3.79. The van der Waals surface area contributed by atoms with Crippen molar-refractivity contribution in [2.24, 2.45) is 0 Å². The second kappa shape index (κ2) is 7.38. The minimum Gasteiger partial charge on any atom is -0.354 e. The summed E-state index contributed by atoms with van der Waals surface area (Å²) >= 11 is 0. The molecule has 1 saturated heterocycles. The lowest BCUT2D eigenvalue weighted by Gasteiger charge is -2.19. The number of amides is 1. The Morgan fingerprint density at radius 2 is 1.79 bits per heavy atom. The van der Waals surface area contributed by atoms with E-state index in [9.17, 15) is 14.0 Å². The number of halogens is 1. The first kappa shape index (κ1) is 18.1. The lowest BCUT2D eigenvalue weighted by molar-refractivity contribution is 0.0793. The Hall–Kier alpha value is -3.28. The standard InChI is InChI=1S/C22H20FN3O2/c1-14(27)15-4-7-17(8-5-15)25-21-18-12-16(23)6-9-20(18)24-13-19(21)22(28)26-10-2-3-11-26/h4-9,12-13H,2-3,10-11H2,1H3,(H,24,25). The van der Waals surface area contributed by atoms with Crippen molar-refractivity contribution in [1.29, 1.82) is 0 Å². The summed E-state index contributed by atoms with van der Waals surface area (Å²) in [6.07, 6.45) is 3.51. The number of benzene rings is 2.